The van der Waals surface area contributed by atoms with Crippen molar-refractivity contribution in [2.24, 2.45) is 0 Å². The van der Waals surface area contributed by atoms with Crippen LogP contribution in [0.3, 0.4) is 0 Å². The van der Waals surface area contributed by atoms with Crippen LogP contribution in [0.4, 0.5) is 0 Å². The standard InChI is InChI=1S/C14H15/c1-2-10-8-12-4-3-5-13(11-6-7-11)14(12)9-10/h3-5,8-9,11H,2,6-7H2,1H3. The number of fused-ring (bicyclic) bond motifs is 1. The minimum atomic E-state index is 0.866. The van der Waals surface area contributed by atoms with Gasteiger partial charge in [-0.15, -0.1) is 0 Å². The molecule has 1 radical (unpaired) electrons. The second-order valence-corrected chi connectivity index (χ2v) is 4.34. The highest BCUT2D eigenvalue weighted by molar-refractivity contribution is 5.72. The van der Waals surface area contributed by atoms with Crippen molar-refractivity contribution >= 4 is 6.08 Å². The molecule has 0 nitrogen and oxygen atoms in total. The Bertz CT molecular complexity index is 394. The van der Waals surface area contributed by atoms with Gasteiger partial charge < -0.3 is 0 Å². The zero-order valence-electron chi connectivity index (χ0n) is 8.59. The van der Waals surface area contributed by atoms with E-state index in [2.05, 4.69) is 37.6 Å². The Morgan fingerprint density at radius 1 is 1.29 bits per heavy atom. The zero-order valence-corrected chi connectivity index (χ0v) is 8.59. The molecular weight excluding hydrogens is 168 g/mol. The van der Waals surface area contributed by atoms with E-state index < -0.39 is 0 Å². The fraction of sp³-hybridized carbons (Fsp3) is 0.357. The largest absolute Gasteiger partial charge is 0.0616 e. The van der Waals surface area contributed by atoms with Gasteiger partial charge in [0.2, 0.25) is 0 Å². The fourth-order valence-corrected chi connectivity index (χ4v) is 2.28. The van der Waals surface area contributed by atoms with Crippen LogP contribution in [0.1, 0.15) is 48.8 Å². The Labute approximate surface area is 85.6 Å². The molecule has 0 aromatic heterocycles. The summed E-state index contributed by atoms with van der Waals surface area (Å²) in [7, 11) is 0. The van der Waals surface area contributed by atoms with Crippen molar-refractivity contribution in [2.75, 3.05) is 0 Å². The van der Waals surface area contributed by atoms with Gasteiger partial charge in [-0.3, -0.25) is 0 Å². The number of hydrogen-bond donors (Lipinski definition) is 0. The van der Waals surface area contributed by atoms with Gasteiger partial charge in [0.25, 0.3) is 0 Å². The molecule has 0 aliphatic heterocycles. The van der Waals surface area contributed by atoms with Crippen LogP contribution in [0.15, 0.2) is 23.8 Å². The Balaban J connectivity index is 2.07. The van der Waals surface area contributed by atoms with Gasteiger partial charge in [0, 0.05) is 6.42 Å². The lowest BCUT2D eigenvalue weighted by Crippen LogP contribution is -1.87. The lowest BCUT2D eigenvalue weighted by atomic mass is 10.0. The van der Waals surface area contributed by atoms with Gasteiger partial charge in [-0.1, -0.05) is 36.8 Å². The van der Waals surface area contributed by atoms with Crippen molar-refractivity contribution in [1.82, 2.24) is 0 Å². The molecule has 71 valence electrons. The van der Waals surface area contributed by atoms with Crippen LogP contribution < -0.4 is 0 Å². The lowest BCUT2D eigenvalue weighted by molar-refractivity contribution is 1.12. The van der Waals surface area contributed by atoms with Gasteiger partial charge in [0.05, 0.1) is 0 Å². The third-order valence-corrected chi connectivity index (χ3v) is 3.27. The Kier molecular flexibility index (Phi) is 1.76. The first-order valence-electron chi connectivity index (χ1n) is 5.56. The van der Waals surface area contributed by atoms with Crippen LogP contribution >= 0.6 is 0 Å². The number of rotatable bonds is 2. The molecule has 0 amide bonds. The van der Waals surface area contributed by atoms with E-state index in [0.717, 1.165) is 12.3 Å². The molecule has 2 aliphatic rings. The molecule has 0 unspecified atom stereocenters. The van der Waals surface area contributed by atoms with Crippen LogP contribution in [0.2, 0.25) is 0 Å². The molecule has 0 heterocycles. The van der Waals surface area contributed by atoms with Crippen LogP contribution in [-0.2, 0) is 0 Å². The summed E-state index contributed by atoms with van der Waals surface area (Å²) in [5.41, 5.74) is 6.01. The third kappa shape index (κ3) is 1.21. The van der Waals surface area contributed by atoms with E-state index in [1.54, 1.807) is 5.56 Å². The molecule has 0 saturated heterocycles. The minimum Gasteiger partial charge on any atom is -0.0616 e. The molecule has 0 spiro atoms. The smallest absolute Gasteiger partial charge is 0.0164 e. The first kappa shape index (κ1) is 8.28. The summed E-state index contributed by atoms with van der Waals surface area (Å²) in [6, 6.07) is 6.75. The van der Waals surface area contributed by atoms with Crippen LogP contribution in [0.25, 0.3) is 6.08 Å². The minimum absolute atomic E-state index is 0.866. The van der Waals surface area contributed by atoms with Crippen molar-refractivity contribution in [1.29, 1.82) is 0 Å². The summed E-state index contributed by atoms with van der Waals surface area (Å²) in [4.78, 5) is 0. The van der Waals surface area contributed by atoms with Gasteiger partial charge >= 0.3 is 0 Å². The highest BCUT2D eigenvalue weighted by Crippen LogP contribution is 2.44. The zero-order chi connectivity index (χ0) is 9.54. The highest BCUT2D eigenvalue weighted by atomic mass is 14.3. The van der Waals surface area contributed by atoms with E-state index in [1.165, 1.54) is 29.5 Å². The second-order valence-electron chi connectivity index (χ2n) is 4.34. The Morgan fingerprint density at radius 3 is 2.86 bits per heavy atom. The molecule has 1 fully saturated rings. The van der Waals surface area contributed by atoms with E-state index in [4.69, 9.17) is 0 Å². The highest BCUT2D eigenvalue weighted by Gasteiger charge is 2.27. The Morgan fingerprint density at radius 2 is 2.14 bits per heavy atom. The van der Waals surface area contributed by atoms with Gasteiger partial charge in [-0.2, -0.15) is 0 Å². The molecule has 1 aromatic carbocycles. The average Bonchev–Trinajstić information content (AvgIpc) is 2.96. The van der Waals surface area contributed by atoms with Gasteiger partial charge in [-0.05, 0) is 41.9 Å². The third-order valence-electron chi connectivity index (χ3n) is 3.27. The normalized spacial score (nSPS) is 19.4. The quantitative estimate of drug-likeness (QED) is 0.651. The van der Waals surface area contributed by atoms with E-state index >= 15 is 0 Å². The van der Waals surface area contributed by atoms with Gasteiger partial charge in [0.15, 0.2) is 0 Å². The number of allylic oxidation sites excluding steroid dienone is 1. The second kappa shape index (κ2) is 2.98. The average molecular weight is 183 g/mol. The van der Waals surface area contributed by atoms with Crippen molar-refractivity contribution in [3.05, 3.63) is 46.9 Å². The molecule has 0 N–H and O–H groups in total. The molecule has 0 bridgehead atoms. The number of benzene rings is 1. The summed E-state index contributed by atoms with van der Waals surface area (Å²) >= 11 is 0. The summed E-state index contributed by atoms with van der Waals surface area (Å²) in [5, 5.41) is 0. The van der Waals surface area contributed by atoms with Gasteiger partial charge in [-0.25, -0.2) is 0 Å². The predicted octanol–water partition coefficient (Wildman–Crippen LogP) is 3.92. The molecule has 14 heavy (non-hydrogen) atoms. The molecule has 1 aromatic rings. The SMILES string of the molecule is CCC1=Cc2c(cccc2C2CC2)[CH]1. The summed E-state index contributed by atoms with van der Waals surface area (Å²) < 4.78 is 0. The number of hydrogen-bond acceptors (Lipinski definition) is 0. The molecule has 2 aliphatic carbocycles. The lowest BCUT2D eigenvalue weighted by Gasteiger charge is -2.04. The van der Waals surface area contributed by atoms with Crippen LogP contribution in [0, 0.1) is 6.42 Å². The molecule has 1 saturated carbocycles. The van der Waals surface area contributed by atoms with E-state index in [9.17, 15) is 0 Å². The van der Waals surface area contributed by atoms with E-state index in [-0.39, 0.29) is 0 Å². The molecular formula is C14H15. The van der Waals surface area contributed by atoms with Crippen LogP contribution in [0.5, 0.6) is 0 Å². The van der Waals surface area contributed by atoms with Gasteiger partial charge in [0.1, 0.15) is 0 Å². The maximum absolute atomic E-state index is 2.38. The van der Waals surface area contributed by atoms with Crippen LogP contribution in [-0.4, -0.2) is 0 Å². The van der Waals surface area contributed by atoms with E-state index in [0.29, 0.717) is 0 Å². The van der Waals surface area contributed by atoms with Crippen molar-refractivity contribution in [3.8, 4) is 0 Å². The molecule has 3 rings (SSSR count). The first-order valence-corrected chi connectivity index (χ1v) is 5.56. The maximum atomic E-state index is 2.38. The van der Waals surface area contributed by atoms with E-state index in [1.807, 2.05) is 0 Å². The van der Waals surface area contributed by atoms with Crippen molar-refractivity contribution in [2.45, 2.75) is 32.1 Å². The molecule has 0 heteroatoms. The Hall–Kier alpha value is -1.04. The fourth-order valence-electron chi connectivity index (χ4n) is 2.28. The maximum Gasteiger partial charge on any atom is 0.0164 e. The van der Waals surface area contributed by atoms with Crippen molar-refractivity contribution < 1.29 is 0 Å². The first-order chi connectivity index (χ1) is 6.88. The monoisotopic (exact) mass is 183 g/mol. The molecule has 0 atom stereocenters. The topological polar surface area (TPSA) is 0 Å². The predicted molar refractivity (Wildman–Crippen MR) is 60.1 cm³/mol. The summed E-state index contributed by atoms with van der Waals surface area (Å²) in [5.74, 6) is 0.866. The summed E-state index contributed by atoms with van der Waals surface area (Å²) in [6.07, 6.45) is 8.65. The summed E-state index contributed by atoms with van der Waals surface area (Å²) in [6.45, 7) is 2.23. The van der Waals surface area contributed by atoms with Crippen molar-refractivity contribution in [3.63, 3.8) is 0 Å².